The predicted molar refractivity (Wildman–Crippen MR) is 81.8 cm³/mol. The van der Waals surface area contributed by atoms with Crippen LogP contribution in [0.1, 0.15) is 28.5 Å². The zero-order valence-corrected chi connectivity index (χ0v) is 12.6. The number of benzene rings is 1. The molecule has 0 saturated carbocycles. The van der Waals surface area contributed by atoms with Gasteiger partial charge < -0.3 is 10.4 Å². The second-order valence-corrected chi connectivity index (χ2v) is 5.54. The van der Waals surface area contributed by atoms with Gasteiger partial charge in [0.05, 0.1) is 17.2 Å². The van der Waals surface area contributed by atoms with E-state index in [1.54, 1.807) is 31.4 Å². The van der Waals surface area contributed by atoms with Gasteiger partial charge in [0.25, 0.3) is 5.91 Å². The van der Waals surface area contributed by atoms with Crippen LogP contribution in [0.2, 0.25) is 0 Å². The number of rotatable bonds is 5. The number of carboxylic acid groups (broad SMARTS) is 1. The van der Waals surface area contributed by atoms with E-state index >= 15 is 0 Å². The first-order valence-corrected chi connectivity index (χ1v) is 7.35. The van der Waals surface area contributed by atoms with Crippen LogP contribution in [0.5, 0.6) is 0 Å². The van der Waals surface area contributed by atoms with Gasteiger partial charge in [0.2, 0.25) is 0 Å². The van der Waals surface area contributed by atoms with E-state index in [1.165, 1.54) is 11.5 Å². The highest BCUT2D eigenvalue weighted by molar-refractivity contribution is 7.04. The number of nitrogens with zero attached hydrogens (tertiary/aromatic N) is 1. The first-order valence-electron chi connectivity index (χ1n) is 6.51. The fourth-order valence-electron chi connectivity index (χ4n) is 1.87. The van der Waals surface area contributed by atoms with E-state index in [2.05, 4.69) is 9.69 Å². The Labute approximate surface area is 126 Å². The first-order chi connectivity index (χ1) is 9.97. The summed E-state index contributed by atoms with van der Waals surface area (Å²) in [5.41, 5.74) is 2.89. The van der Waals surface area contributed by atoms with Crippen LogP contribution in [-0.4, -0.2) is 21.4 Å². The molecule has 0 fully saturated rings. The molecule has 0 unspecified atom stereocenters. The Balaban J connectivity index is 2.01. The maximum Gasteiger partial charge on any atom is 0.306 e. The number of amides is 1. The molecule has 2 rings (SSSR count). The van der Waals surface area contributed by atoms with Gasteiger partial charge in [-0.2, -0.15) is 4.37 Å². The lowest BCUT2D eigenvalue weighted by Gasteiger charge is -2.08. The van der Waals surface area contributed by atoms with Gasteiger partial charge in [0.15, 0.2) is 0 Å². The van der Waals surface area contributed by atoms with Crippen molar-refractivity contribution in [2.45, 2.75) is 20.3 Å². The van der Waals surface area contributed by atoms with E-state index < -0.39 is 11.9 Å². The van der Waals surface area contributed by atoms with Crippen LogP contribution in [0.4, 0.5) is 5.69 Å². The number of hydrogen-bond donors (Lipinski definition) is 2. The Kier molecular flexibility index (Phi) is 4.70. The summed E-state index contributed by atoms with van der Waals surface area (Å²) in [5, 5.41) is 13.4. The third-order valence-electron chi connectivity index (χ3n) is 3.17. The Hall–Kier alpha value is -2.21. The molecule has 0 aliphatic rings. The molecule has 110 valence electrons. The van der Waals surface area contributed by atoms with Gasteiger partial charge in [-0.3, -0.25) is 9.59 Å². The normalized spacial score (nSPS) is 11.9. The molecule has 0 saturated heterocycles. The average Bonchev–Trinajstić information content (AvgIpc) is 2.87. The van der Waals surface area contributed by atoms with E-state index in [1.807, 2.05) is 12.1 Å². The highest BCUT2D eigenvalue weighted by Gasteiger charge is 2.13. The maximum absolute atomic E-state index is 12.0. The lowest BCUT2D eigenvalue weighted by Crippen LogP contribution is -2.13. The molecule has 1 aromatic carbocycles. The van der Waals surface area contributed by atoms with E-state index in [-0.39, 0.29) is 5.91 Å². The van der Waals surface area contributed by atoms with Crippen molar-refractivity contribution in [1.82, 2.24) is 4.37 Å². The van der Waals surface area contributed by atoms with Gasteiger partial charge in [-0.1, -0.05) is 19.1 Å². The zero-order valence-electron chi connectivity index (χ0n) is 11.8. The van der Waals surface area contributed by atoms with Crippen molar-refractivity contribution in [2.24, 2.45) is 5.92 Å². The summed E-state index contributed by atoms with van der Waals surface area (Å²) < 4.78 is 4.07. The third kappa shape index (κ3) is 3.88. The van der Waals surface area contributed by atoms with Crippen LogP contribution < -0.4 is 5.32 Å². The van der Waals surface area contributed by atoms with Crippen LogP contribution in [0.3, 0.4) is 0 Å². The van der Waals surface area contributed by atoms with Gasteiger partial charge in [-0.05, 0) is 42.6 Å². The number of aryl methyl sites for hydroxylation is 1. The fourth-order valence-corrected chi connectivity index (χ4v) is 2.57. The summed E-state index contributed by atoms with van der Waals surface area (Å²) >= 11 is 1.25. The van der Waals surface area contributed by atoms with Crippen molar-refractivity contribution < 1.29 is 14.7 Å². The molecule has 2 N–H and O–H groups in total. The van der Waals surface area contributed by atoms with E-state index in [9.17, 15) is 9.59 Å². The van der Waals surface area contributed by atoms with Gasteiger partial charge in [0, 0.05) is 11.1 Å². The summed E-state index contributed by atoms with van der Waals surface area (Å²) in [7, 11) is 0. The van der Waals surface area contributed by atoms with E-state index in [0.717, 1.165) is 5.56 Å². The van der Waals surface area contributed by atoms with Crippen molar-refractivity contribution in [3.8, 4) is 0 Å². The number of carboxylic acids is 1. The van der Waals surface area contributed by atoms with Gasteiger partial charge in [0.1, 0.15) is 0 Å². The molecule has 5 nitrogen and oxygen atoms in total. The quantitative estimate of drug-likeness (QED) is 0.890. The second kappa shape index (κ2) is 6.49. The Morgan fingerprint density at radius 1 is 1.33 bits per heavy atom. The summed E-state index contributed by atoms with van der Waals surface area (Å²) in [6.45, 7) is 3.46. The molecule has 0 radical (unpaired) electrons. The minimum Gasteiger partial charge on any atom is -0.481 e. The molecular formula is C15H16N2O3S. The third-order valence-corrected chi connectivity index (χ3v) is 3.89. The molecule has 1 atom stereocenters. The maximum atomic E-state index is 12.0. The van der Waals surface area contributed by atoms with Crippen molar-refractivity contribution in [3.05, 3.63) is 46.5 Å². The molecule has 1 heterocycles. The first kappa shape index (κ1) is 15.2. The van der Waals surface area contributed by atoms with Crippen LogP contribution in [-0.2, 0) is 11.2 Å². The topological polar surface area (TPSA) is 79.3 Å². The molecule has 0 aliphatic carbocycles. The molecule has 6 heteroatoms. The molecule has 2 aromatic rings. The van der Waals surface area contributed by atoms with Gasteiger partial charge in [-0.25, -0.2) is 0 Å². The molecule has 0 spiro atoms. The van der Waals surface area contributed by atoms with Crippen LogP contribution >= 0.6 is 11.5 Å². The SMILES string of the molecule is Cc1nscc1C(=O)Nc1ccc(C[C@@H](C)C(=O)O)cc1. The molecule has 1 aromatic heterocycles. The van der Waals surface area contributed by atoms with Crippen LogP contribution in [0, 0.1) is 12.8 Å². The summed E-state index contributed by atoms with van der Waals surface area (Å²) in [5.74, 6) is -1.43. The lowest BCUT2D eigenvalue weighted by molar-refractivity contribution is -0.141. The largest absolute Gasteiger partial charge is 0.481 e. The Morgan fingerprint density at radius 3 is 2.52 bits per heavy atom. The monoisotopic (exact) mass is 304 g/mol. The van der Waals surface area contributed by atoms with Crippen LogP contribution in [0.25, 0.3) is 0 Å². The number of hydrogen-bond acceptors (Lipinski definition) is 4. The van der Waals surface area contributed by atoms with E-state index in [0.29, 0.717) is 23.4 Å². The Morgan fingerprint density at radius 2 is 2.00 bits per heavy atom. The van der Waals surface area contributed by atoms with E-state index in [4.69, 9.17) is 5.11 Å². The number of carbonyl (C=O) groups excluding carboxylic acids is 1. The number of aromatic nitrogens is 1. The minimum absolute atomic E-state index is 0.187. The Bertz CT molecular complexity index is 649. The highest BCUT2D eigenvalue weighted by Crippen LogP contribution is 2.16. The number of nitrogens with one attached hydrogen (secondary N) is 1. The lowest BCUT2D eigenvalue weighted by atomic mass is 10.0. The minimum atomic E-state index is -0.812. The standard InChI is InChI=1S/C15H16N2O3S/c1-9(15(19)20)7-11-3-5-12(6-4-11)16-14(18)13-8-21-17-10(13)2/h3-6,8-9H,7H2,1-2H3,(H,16,18)(H,19,20)/t9-/m1/s1. The van der Waals surface area contributed by atoms with Crippen molar-refractivity contribution in [2.75, 3.05) is 5.32 Å². The van der Waals surface area contributed by atoms with Crippen molar-refractivity contribution in [3.63, 3.8) is 0 Å². The molecule has 21 heavy (non-hydrogen) atoms. The van der Waals surface area contributed by atoms with Gasteiger partial charge in [-0.15, -0.1) is 0 Å². The average molecular weight is 304 g/mol. The molecule has 0 bridgehead atoms. The summed E-state index contributed by atoms with van der Waals surface area (Å²) in [4.78, 5) is 22.8. The number of aliphatic carboxylic acids is 1. The predicted octanol–water partition coefficient (Wildman–Crippen LogP) is 2.97. The second-order valence-electron chi connectivity index (χ2n) is 4.91. The molecular weight excluding hydrogens is 288 g/mol. The summed E-state index contributed by atoms with van der Waals surface area (Å²) in [6, 6.07) is 7.20. The smallest absolute Gasteiger partial charge is 0.306 e. The van der Waals surface area contributed by atoms with Crippen molar-refractivity contribution in [1.29, 1.82) is 0 Å². The van der Waals surface area contributed by atoms with Crippen LogP contribution in [0.15, 0.2) is 29.6 Å². The number of carbonyl (C=O) groups is 2. The fraction of sp³-hybridized carbons (Fsp3) is 0.267. The van der Waals surface area contributed by atoms with Crippen molar-refractivity contribution >= 4 is 29.1 Å². The summed E-state index contributed by atoms with van der Waals surface area (Å²) in [6.07, 6.45) is 0.469. The molecule has 0 aliphatic heterocycles. The molecule has 1 amide bonds. The van der Waals surface area contributed by atoms with Gasteiger partial charge >= 0.3 is 5.97 Å². The number of anilines is 1. The highest BCUT2D eigenvalue weighted by atomic mass is 32.1. The zero-order chi connectivity index (χ0) is 15.4.